The first kappa shape index (κ1) is 14.3. The highest BCUT2D eigenvalue weighted by atomic mass is 19.1. The molecule has 0 unspecified atom stereocenters. The van der Waals surface area contributed by atoms with Crippen molar-refractivity contribution in [3.05, 3.63) is 71.4 Å². The zero-order valence-corrected chi connectivity index (χ0v) is 11.7. The Balaban J connectivity index is 1.99. The predicted octanol–water partition coefficient (Wildman–Crippen LogP) is 2.73. The number of hydrogen-bond acceptors (Lipinski definition) is 3. The lowest BCUT2D eigenvalue weighted by atomic mass is 10.1. The van der Waals surface area contributed by atoms with Crippen molar-refractivity contribution in [3.8, 4) is 11.3 Å². The Morgan fingerprint density at radius 1 is 0.909 bits per heavy atom. The van der Waals surface area contributed by atoms with E-state index in [2.05, 4.69) is 10.3 Å². The Kier molecular flexibility index (Phi) is 3.93. The van der Waals surface area contributed by atoms with Crippen LogP contribution in [0.1, 0.15) is 11.3 Å². The van der Waals surface area contributed by atoms with E-state index in [1.165, 1.54) is 24.3 Å². The molecule has 0 aliphatic carbocycles. The van der Waals surface area contributed by atoms with Crippen LogP contribution in [0.15, 0.2) is 48.5 Å². The lowest BCUT2D eigenvalue weighted by Gasteiger charge is -2.08. The van der Waals surface area contributed by atoms with Gasteiger partial charge in [0.15, 0.2) is 0 Å². The molecule has 0 fully saturated rings. The van der Waals surface area contributed by atoms with Crippen LogP contribution in [-0.2, 0) is 13.1 Å². The first-order valence-electron chi connectivity index (χ1n) is 6.80. The van der Waals surface area contributed by atoms with Gasteiger partial charge in [0.05, 0.1) is 12.2 Å². The average molecular weight is 300 g/mol. The molecule has 0 bridgehead atoms. The molecule has 0 aliphatic rings. The summed E-state index contributed by atoms with van der Waals surface area (Å²) in [5.41, 5.74) is 8.75. The molecule has 0 atom stereocenters. The molecular formula is C16H14F2N4. The summed E-state index contributed by atoms with van der Waals surface area (Å²) in [6.45, 7) is 0.663. The number of hydrogen-bond donors (Lipinski definition) is 1. The molecule has 2 N–H and O–H groups in total. The van der Waals surface area contributed by atoms with Crippen molar-refractivity contribution in [3.63, 3.8) is 0 Å². The van der Waals surface area contributed by atoms with Gasteiger partial charge in [0.1, 0.15) is 17.3 Å². The molecule has 0 saturated carbocycles. The van der Waals surface area contributed by atoms with Gasteiger partial charge in [0.2, 0.25) is 0 Å². The highest BCUT2D eigenvalue weighted by Gasteiger charge is 2.14. The van der Waals surface area contributed by atoms with E-state index in [0.29, 0.717) is 12.2 Å². The summed E-state index contributed by atoms with van der Waals surface area (Å²) in [7, 11) is 0. The van der Waals surface area contributed by atoms with Gasteiger partial charge in [0, 0.05) is 12.1 Å². The highest BCUT2D eigenvalue weighted by Crippen LogP contribution is 2.23. The van der Waals surface area contributed by atoms with Gasteiger partial charge in [-0.2, -0.15) is 0 Å². The van der Waals surface area contributed by atoms with E-state index in [-0.39, 0.29) is 18.2 Å². The van der Waals surface area contributed by atoms with Gasteiger partial charge in [-0.3, -0.25) is 0 Å². The first-order valence-corrected chi connectivity index (χ1v) is 6.80. The van der Waals surface area contributed by atoms with Crippen molar-refractivity contribution in [2.45, 2.75) is 13.1 Å². The number of benzene rings is 2. The second-order valence-electron chi connectivity index (χ2n) is 4.88. The molecule has 3 rings (SSSR count). The molecule has 2 aromatic carbocycles. The van der Waals surface area contributed by atoms with Crippen molar-refractivity contribution >= 4 is 0 Å². The fourth-order valence-corrected chi connectivity index (χ4v) is 2.28. The maximum Gasteiger partial charge on any atom is 0.123 e. The molecular weight excluding hydrogens is 286 g/mol. The Morgan fingerprint density at radius 2 is 1.50 bits per heavy atom. The van der Waals surface area contributed by atoms with E-state index < -0.39 is 0 Å². The smallest absolute Gasteiger partial charge is 0.123 e. The second-order valence-corrected chi connectivity index (χ2v) is 4.88. The van der Waals surface area contributed by atoms with Crippen LogP contribution in [0.5, 0.6) is 0 Å². The molecule has 1 aromatic heterocycles. The fraction of sp³-hybridized carbons (Fsp3) is 0.125. The lowest BCUT2D eigenvalue weighted by Crippen LogP contribution is -2.06. The van der Waals surface area contributed by atoms with Crippen LogP contribution in [0.25, 0.3) is 11.3 Å². The van der Waals surface area contributed by atoms with Crippen LogP contribution < -0.4 is 5.73 Å². The monoisotopic (exact) mass is 300 g/mol. The third kappa shape index (κ3) is 2.87. The zero-order valence-electron chi connectivity index (χ0n) is 11.7. The third-order valence-electron chi connectivity index (χ3n) is 3.36. The molecule has 3 aromatic rings. The minimum atomic E-state index is -0.310. The normalized spacial score (nSPS) is 10.9. The van der Waals surface area contributed by atoms with E-state index in [1.807, 2.05) is 0 Å². The van der Waals surface area contributed by atoms with Crippen molar-refractivity contribution in [2.75, 3.05) is 0 Å². The topological polar surface area (TPSA) is 56.7 Å². The summed E-state index contributed by atoms with van der Waals surface area (Å²) in [4.78, 5) is 0. The fourth-order valence-electron chi connectivity index (χ4n) is 2.28. The maximum absolute atomic E-state index is 13.1. The molecule has 22 heavy (non-hydrogen) atoms. The zero-order chi connectivity index (χ0) is 15.5. The first-order chi connectivity index (χ1) is 10.7. The average Bonchev–Trinajstić information content (AvgIpc) is 2.93. The molecule has 0 saturated heterocycles. The van der Waals surface area contributed by atoms with E-state index >= 15 is 0 Å². The molecule has 112 valence electrons. The molecule has 6 heteroatoms. The number of nitrogens with zero attached hydrogens (tertiary/aromatic N) is 3. The summed E-state index contributed by atoms with van der Waals surface area (Å²) >= 11 is 0. The number of rotatable bonds is 4. The summed E-state index contributed by atoms with van der Waals surface area (Å²) < 4.78 is 27.8. The van der Waals surface area contributed by atoms with Crippen LogP contribution in [0.2, 0.25) is 0 Å². The van der Waals surface area contributed by atoms with Crippen LogP contribution in [0.3, 0.4) is 0 Å². The number of aromatic nitrogens is 3. The van der Waals surface area contributed by atoms with Crippen LogP contribution in [-0.4, -0.2) is 15.0 Å². The SMILES string of the molecule is NCc1nnn(Cc2ccc(F)cc2)c1-c1ccc(F)cc1. The maximum atomic E-state index is 13.1. The minimum absolute atomic E-state index is 0.232. The summed E-state index contributed by atoms with van der Waals surface area (Å²) in [6, 6.07) is 12.3. The molecule has 0 aliphatic heterocycles. The van der Waals surface area contributed by atoms with Crippen LogP contribution in [0, 0.1) is 11.6 Å². The third-order valence-corrected chi connectivity index (χ3v) is 3.36. The van der Waals surface area contributed by atoms with Gasteiger partial charge in [0.25, 0.3) is 0 Å². The van der Waals surface area contributed by atoms with Gasteiger partial charge in [-0.05, 0) is 42.0 Å². The van der Waals surface area contributed by atoms with E-state index in [4.69, 9.17) is 5.73 Å². The van der Waals surface area contributed by atoms with Gasteiger partial charge >= 0.3 is 0 Å². The van der Waals surface area contributed by atoms with Crippen molar-refractivity contribution < 1.29 is 8.78 Å². The summed E-state index contributed by atoms with van der Waals surface area (Å²) in [6.07, 6.45) is 0. The Hall–Kier alpha value is -2.60. The predicted molar refractivity (Wildman–Crippen MR) is 78.8 cm³/mol. The summed E-state index contributed by atoms with van der Waals surface area (Å²) in [5.74, 6) is -0.598. The summed E-state index contributed by atoms with van der Waals surface area (Å²) in [5, 5.41) is 8.17. The minimum Gasteiger partial charge on any atom is -0.325 e. The molecule has 0 spiro atoms. The molecule has 4 nitrogen and oxygen atoms in total. The van der Waals surface area contributed by atoms with E-state index in [0.717, 1.165) is 16.8 Å². The quantitative estimate of drug-likeness (QED) is 0.806. The van der Waals surface area contributed by atoms with E-state index in [9.17, 15) is 8.78 Å². The highest BCUT2D eigenvalue weighted by molar-refractivity contribution is 5.61. The van der Waals surface area contributed by atoms with Crippen molar-refractivity contribution in [2.24, 2.45) is 5.73 Å². The van der Waals surface area contributed by atoms with Crippen LogP contribution in [0.4, 0.5) is 8.78 Å². The van der Waals surface area contributed by atoms with Gasteiger partial charge < -0.3 is 5.73 Å². The standard InChI is InChI=1S/C16H14F2N4/c17-13-5-1-11(2-6-13)10-22-16(15(9-19)20-21-22)12-3-7-14(18)8-4-12/h1-8H,9-10,19H2. The Morgan fingerprint density at radius 3 is 2.09 bits per heavy atom. The Labute approximate surface area is 126 Å². The number of nitrogens with two attached hydrogens (primary N) is 1. The van der Waals surface area contributed by atoms with Crippen LogP contribution >= 0.6 is 0 Å². The lowest BCUT2D eigenvalue weighted by molar-refractivity contribution is 0.622. The van der Waals surface area contributed by atoms with Gasteiger partial charge in [-0.1, -0.05) is 17.3 Å². The van der Waals surface area contributed by atoms with Gasteiger partial charge in [-0.25, -0.2) is 13.5 Å². The molecule has 0 amide bonds. The van der Waals surface area contributed by atoms with Gasteiger partial charge in [-0.15, -0.1) is 5.10 Å². The van der Waals surface area contributed by atoms with Crippen molar-refractivity contribution in [1.29, 1.82) is 0 Å². The number of halogens is 2. The molecule has 0 radical (unpaired) electrons. The van der Waals surface area contributed by atoms with E-state index in [1.54, 1.807) is 28.9 Å². The second kappa shape index (κ2) is 6.03. The Bertz CT molecular complexity index is 764. The van der Waals surface area contributed by atoms with Crippen molar-refractivity contribution in [1.82, 2.24) is 15.0 Å². The largest absolute Gasteiger partial charge is 0.325 e. The molecule has 1 heterocycles.